The zero-order chi connectivity index (χ0) is 21.8. The first kappa shape index (κ1) is 20.9. The molecule has 0 radical (unpaired) electrons. The van der Waals surface area contributed by atoms with E-state index in [2.05, 4.69) is 20.4 Å². The van der Waals surface area contributed by atoms with Gasteiger partial charge in [0, 0.05) is 49.4 Å². The monoisotopic (exact) mass is 421 g/mol. The van der Waals surface area contributed by atoms with Crippen LogP contribution in [0.5, 0.6) is 0 Å². The molecule has 31 heavy (non-hydrogen) atoms. The van der Waals surface area contributed by atoms with Crippen LogP contribution in [0.2, 0.25) is 0 Å². The molecule has 3 aromatic rings. The molecule has 0 aromatic carbocycles. The molecule has 0 bridgehead atoms. The summed E-state index contributed by atoms with van der Waals surface area (Å²) in [6.07, 6.45) is 5.18. The molecule has 3 aromatic heterocycles. The summed E-state index contributed by atoms with van der Waals surface area (Å²) >= 11 is 0. The Morgan fingerprint density at radius 3 is 2.65 bits per heavy atom. The number of morpholine rings is 1. The average Bonchev–Trinajstić information content (AvgIpc) is 3.33. The number of nitrogens with one attached hydrogen (secondary N) is 1. The van der Waals surface area contributed by atoms with Crippen molar-refractivity contribution in [2.24, 2.45) is 0 Å². The van der Waals surface area contributed by atoms with Gasteiger partial charge in [0.2, 0.25) is 5.91 Å². The second-order valence-corrected chi connectivity index (χ2v) is 7.63. The molecule has 8 heteroatoms. The van der Waals surface area contributed by atoms with E-state index < -0.39 is 0 Å². The Labute approximate surface area is 181 Å². The quantitative estimate of drug-likeness (QED) is 0.616. The third kappa shape index (κ3) is 4.86. The van der Waals surface area contributed by atoms with E-state index >= 15 is 0 Å². The van der Waals surface area contributed by atoms with Crippen molar-refractivity contribution < 1.29 is 14.1 Å². The number of aryl methyl sites for hydroxylation is 2. The van der Waals surface area contributed by atoms with Crippen LogP contribution in [0.15, 0.2) is 41.1 Å². The molecule has 0 atom stereocenters. The summed E-state index contributed by atoms with van der Waals surface area (Å²) < 4.78 is 12.6. The topological polar surface area (TPSA) is 85.4 Å². The van der Waals surface area contributed by atoms with Crippen LogP contribution in [0.25, 0.3) is 11.9 Å². The number of hydrogen-bond donors (Lipinski definition) is 1. The molecule has 1 N–H and O–H groups in total. The normalized spacial score (nSPS) is 14.4. The Bertz CT molecular complexity index is 1080. The van der Waals surface area contributed by atoms with Gasteiger partial charge in [-0.3, -0.25) is 9.36 Å². The fourth-order valence-electron chi connectivity index (χ4n) is 3.68. The molecule has 4 heterocycles. The van der Waals surface area contributed by atoms with Crippen LogP contribution in [0.1, 0.15) is 28.3 Å². The predicted molar refractivity (Wildman–Crippen MR) is 118 cm³/mol. The van der Waals surface area contributed by atoms with E-state index in [4.69, 9.17) is 9.26 Å². The van der Waals surface area contributed by atoms with Crippen molar-refractivity contribution in [3.05, 3.63) is 64.8 Å². The summed E-state index contributed by atoms with van der Waals surface area (Å²) in [5.41, 5.74) is 3.94. The van der Waals surface area contributed by atoms with Gasteiger partial charge in [-0.25, -0.2) is 4.98 Å². The van der Waals surface area contributed by atoms with E-state index in [0.29, 0.717) is 6.54 Å². The summed E-state index contributed by atoms with van der Waals surface area (Å²) in [6, 6.07) is 7.90. The van der Waals surface area contributed by atoms with Gasteiger partial charge in [-0.1, -0.05) is 11.2 Å². The Morgan fingerprint density at radius 2 is 1.97 bits per heavy atom. The molecule has 0 saturated carbocycles. The smallest absolute Gasteiger partial charge is 0.244 e. The van der Waals surface area contributed by atoms with Crippen molar-refractivity contribution in [1.29, 1.82) is 0 Å². The van der Waals surface area contributed by atoms with E-state index in [1.807, 2.05) is 61.9 Å². The fourth-order valence-corrected chi connectivity index (χ4v) is 3.68. The number of rotatable bonds is 6. The highest BCUT2D eigenvalue weighted by Gasteiger charge is 2.13. The number of aromatic nitrogens is 3. The highest BCUT2D eigenvalue weighted by molar-refractivity contribution is 5.91. The first-order valence-corrected chi connectivity index (χ1v) is 10.4. The third-order valence-electron chi connectivity index (χ3n) is 5.34. The van der Waals surface area contributed by atoms with Crippen molar-refractivity contribution in [2.45, 2.75) is 27.3 Å². The molecule has 1 saturated heterocycles. The van der Waals surface area contributed by atoms with E-state index in [1.54, 1.807) is 6.08 Å². The van der Waals surface area contributed by atoms with Crippen LogP contribution < -0.4 is 10.2 Å². The lowest BCUT2D eigenvalue weighted by Crippen LogP contribution is -2.36. The van der Waals surface area contributed by atoms with Gasteiger partial charge in [-0.2, -0.15) is 0 Å². The zero-order valence-corrected chi connectivity index (χ0v) is 18.1. The van der Waals surface area contributed by atoms with Crippen molar-refractivity contribution >= 4 is 17.8 Å². The van der Waals surface area contributed by atoms with E-state index in [0.717, 1.165) is 66.2 Å². The maximum Gasteiger partial charge on any atom is 0.244 e. The highest BCUT2D eigenvalue weighted by Crippen LogP contribution is 2.21. The Morgan fingerprint density at radius 1 is 1.16 bits per heavy atom. The second kappa shape index (κ2) is 9.18. The minimum Gasteiger partial charge on any atom is -0.378 e. The van der Waals surface area contributed by atoms with Crippen molar-refractivity contribution in [2.75, 3.05) is 31.2 Å². The average molecular weight is 422 g/mol. The van der Waals surface area contributed by atoms with Crippen molar-refractivity contribution in [3.63, 3.8) is 0 Å². The first-order chi connectivity index (χ1) is 15.0. The van der Waals surface area contributed by atoms with E-state index in [-0.39, 0.29) is 5.91 Å². The van der Waals surface area contributed by atoms with E-state index in [1.165, 1.54) is 0 Å². The number of pyridine rings is 1. The fraction of sp³-hybridized carbons (Fsp3) is 0.348. The Kier molecular flexibility index (Phi) is 6.18. The zero-order valence-electron chi connectivity index (χ0n) is 18.1. The van der Waals surface area contributed by atoms with Crippen LogP contribution in [0.3, 0.4) is 0 Å². The van der Waals surface area contributed by atoms with Gasteiger partial charge in [0.25, 0.3) is 0 Å². The molecule has 4 rings (SSSR count). The summed E-state index contributed by atoms with van der Waals surface area (Å²) in [5.74, 6) is 2.28. The summed E-state index contributed by atoms with van der Waals surface area (Å²) in [6.45, 7) is 9.45. The van der Waals surface area contributed by atoms with Crippen molar-refractivity contribution in [3.8, 4) is 5.82 Å². The molecule has 0 spiro atoms. The van der Waals surface area contributed by atoms with Crippen molar-refractivity contribution in [1.82, 2.24) is 20.0 Å². The van der Waals surface area contributed by atoms with Gasteiger partial charge < -0.3 is 19.5 Å². The first-order valence-electron chi connectivity index (χ1n) is 10.4. The molecule has 162 valence electrons. The highest BCUT2D eigenvalue weighted by atomic mass is 16.5. The van der Waals surface area contributed by atoms with Crippen LogP contribution in [0, 0.1) is 20.8 Å². The number of carbonyl (C=O) groups is 1. The minimum atomic E-state index is -0.153. The maximum absolute atomic E-state index is 12.3. The molecule has 1 fully saturated rings. The third-order valence-corrected chi connectivity index (χ3v) is 5.34. The predicted octanol–water partition coefficient (Wildman–Crippen LogP) is 2.95. The van der Waals surface area contributed by atoms with Gasteiger partial charge in [-0.15, -0.1) is 0 Å². The van der Waals surface area contributed by atoms with Crippen LogP contribution in [0.4, 0.5) is 5.82 Å². The molecule has 1 aliphatic rings. The van der Waals surface area contributed by atoms with Gasteiger partial charge in [-0.05, 0) is 50.1 Å². The van der Waals surface area contributed by atoms with Gasteiger partial charge in [0.05, 0.1) is 13.2 Å². The van der Waals surface area contributed by atoms with Gasteiger partial charge >= 0.3 is 0 Å². The lowest BCUT2D eigenvalue weighted by Gasteiger charge is -2.27. The molecular formula is C23H27N5O3. The molecule has 1 aliphatic heterocycles. The Hall–Kier alpha value is -3.39. The van der Waals surface area contributed by atoms with Crippen LogP contribution in [-0.2, 0) is 16.1 Å². The van der Waals surface area contributed by atoms with E-state index in [9.17, 15) is 4.79 Å². The number of nitrogens with zero attached hydrogens (tertiary/aromatic N) is 4. The van der Waals surface area contributed by atoms with Crippen LogP contribution >= 0.6 is 0 Å². The minimum absolute atomic E-state index is 0.153. The number of ether oxygens (including phenoxy) is 1. The molecule has 1 amide bonds. The molecular weight excluding hydrogens is 394 g/mol. The maximum atomic E-state index is 12.3. The molecule has 0 unspecified atom stereocenters. The summed E-state index contributed by atoms with van der Waals surface area (Å²) in [4.78, 5) is 19.0. The van der Waals surface area contributed by atoms with Gasteiger partial charge in [0.15, 0.2) is 5.82 Å². The number of hydrogen-bond acceptors (Lipinski definition) is 6. The second-order valence-electron chi connectivity index (χ2n) is 7.63. The lowest BCUT2D eigenvalue weighted by molar-refractivity contribution is -0.116. The number of carbonyl (C=O) groups excluding carboxylic acids is 1. The van der Waals surface area contributed by atoms with Gasteiger partial charge in [0.1, 0.15) is 11.6 Å². The largest absolute Gasteiger partial charge is 0.378 e. The molecule has 8 nitrogen and oxygen atoms in total. The summed E-state index contributed by atoms with van der Waals surface area (Å²) in [7, 11) is 0. The molecule has 0 aliphatic carbocycles. The Balaban J connectivity index is 1.35. The number of anilines is 1. The SMILES string of the molecule is Cc1cc(-n2c(C)cc(/C=C/C(=O)NCc3ccc(N4CCOCC4)nc3)c2C)no1. The summed E-state index contributed by atoms with van der Waals surface area (Å²) in [5, 5.41) is 7.00. The standard InChI is InChI=1S/C23H27N5O3/c1-16-12-20(18(3)28(16)22-13-17(2)31-26-22)5-7-23(29)25-15-19-4-6-21(24-14-19)27-8-10-30-11-9-27/h4-7,12-14H,8-11,15H2,1-3H3,(H,25,29)/b7-5+. The number of amides is 1. The van der Waals surface area contributed by atoms with Crippen LogP contribution in [-0.4, -0.2) is 46.9 Å². The lowest BCUT2D eigenvalue weighted by atomic mass is 10.2.